The first-order valence-corrected chi connectivity index (χ1v) is 9.23. The second kappa shape index (κ2) is 8.14. The maximum Gasteiger partial charge on any atom is 0.358 e. The predicted octanol–water partition coefficient (Wildman–Crippen LogP) is 4.48. The highest BCUT2D eigenvalue weighted by atomic mass is 32.1. The lowest BCUT2D eigenvalue weighted by atomic mass is 10.0. The average molecular weight is 381 g/mol. The van der Waals surface area contributed by atoms with E-state index in [1.165, 1.54) is 11.3 Å². The highest BCUT2D eigenvalue weighted by Gasteiger charge is 2.17. The van der Waals surface area contributed by atoms with Gasteiger partial charge in [0.2, 0.25) is 5.78 Å². The van der Waals surface area contributed by atoms with E-state index in [9.17, 15) is 9.59 Å². The summed E-state index contributed by atoms with van der Waals surface area (Å²) >= 11 is 1.34. The second-order valence-corrected chi connectivity index (χ2v) is 6.94. The topological polar surface area (TPSA) is 65.5 Å². The summed E-state index contributed by atoms with van der Waals surface area (Å²) in [6.07, 6.45) is 0. The van der Waals surface area contributed by atoms with Crippen molar-refractivity contribution in [3.05, 3.63) is 70.2 Å². The molecule has 0 atom stereocenters. The number of esters is 1. The second-order valence-electron chi connectivity index (χ2n) is 6.08. The molecule has 0 aliphatic rings. The number of hydrogen-bond donors (Lipinski definition) is 0. The van der Waals surface area contributed by atoms with Crippen molar-refractivity contribution in [3.63, 3.8) is 0 Å². The molecule has 0 amide bonds. The molecule has 0 radical (unpaired) electrons. The Bertz CT molecular complexity index is 976. The normalized spacial score (nSPS) is 10.5. The highest BCUT2D eigenvalue weighted by Crippen LogP contribution is 2.26. The number of thiazole rings is 1. The molecule has 2 aromatic carbocycles. The van der Waals surface area contributed by atoms with Gasteiger partial charge in [0, 0.05) is 16.5 Å². The number of nitrogens with zero attached hydrogens (tertiary/aromatic N) is 1. The maximum atomic E-state index is 12.3. The number of benzene rings is 2. The summed E-state index contributed by atoms with van der Waals surface area (Å²) in [5, 5.41) is 2.33. The lowest BCUT2D eigenvalue weighted by Crippen LogP contribution is -2.15. The number of ketones is 1. The summed E-state index contributed by atoms with van der Waals surface area (Å²) < 4.78 is 10.3. The molecule has 3 aromatic rings. The fourth-order valence-corrected chi connectivity index (χ4v) is 3.35. The molecule has 0 bridgehead atoms. The molecule has 0 aliphatic heterocycles. The molecular weight excluding hydrogens is 362 g/mol. The van der Waals surface area contributed by atoms with E-state index in [4.69, 9.17) is 9.47 Å². The van der Waals surface area contributed by atoms with Gasteiger partial charge in [-0.2, -0.15) is 0 Å². The quantitative estimate of drug-likeness (QED) is 0.465. The maximum absolute atomic E-state index is 12.3. The van der Waals surface area contributed by atoms with Crippen molar-refractivity contribution in [1.29, 1.82) is 0 Å². The first-order chi connectivity index (χ1) is 13.0. The zero-order valence-corrected chi connectivity index (χ0v) is 16.1. The largest absolute Gasteiger partial charge is 0.497 e. The standard InChI is InChI=1S/C21H19NO4S/c1-13-4-5-14(2)17(10-13)19(23)11-26-21(24)18-12-27-20(22-18)15-6-8-16(25-3)9-7-15/h4-10,12H,11H2,1-3H3. The van der Waals surface area contributed by atoms with Crippen LogP contribution in [0.1, 0.15) is 32.0 Å². The Morgan fingerprint density at radius 3 is 2.52 bits per heavy atom. The third-order valence-corrected chi connectivity index (χ3v) is 4.97. The molecule has 0 unspecified atom stereocenters. The van der Waals surface area contributed by atoms with Crippen LogP contribution in [-0.4, -0.2) is 30.5 Å². The van der Waals surface area contributed by atoms with Crippen molar-refractivity contribution in [2.45, 2.75) is 13.8 Å². The molecule has 5 nitrogen and oxygen atoms in total. The van der Waals surface area contributed by atoms with Gasteiger partial charge in [0.15, 0.2) is 12.3 Å². The van der Waals surface area contributed by atoms with Crippen LogP contribution in [0.15, 0.2) is 47.8 Å². The molecule has 0 N–H and O–H groups in total. The Morgan fingerprint density at radius 2 is 1.81 bits per heavy atom. The van der Waals surface area contributed by atoms with Gasteiger partial charge in [-0.15, -0.1) is 11.3 Å². The van der Waals surface area contributed by atoms with Gasteiger partial charge in [-0.05, 0) is 49.7 Å². The van der Waals surface area contributed by atoms with Gasteiger partial charge < -0.3 is 9.47 Å². The molecule has 6 heteroatoms. The van der Waals surface area contributed by atoms with Gasteiger partial charge in [-0.1, -0.05) is 17.7 Å². The zero-order valence-electron chi connectivity index (χ0n) is 15.3. The third-order valence-electron chi connectivity index (χ3n) is 4.08. The van der Waals surface area contributed by atoms with E-state index in [1.807, 2.05) is 50.2 Å². The van der Waals surface area contributed by atoms with Crippen LogP contribution in [0.25, 0.3) is 10.6 Å². The van der Waals surface area contributed by atoms with E-state index in [0.29, 0.717) is 10.6 Å². The van der Waals surface area contributed by atoms with Gasteiger partial charge in [0.05, 0.1) is 7.11 Å². The summed E-state index contributed by atoms with van der Waals surface area (Å²) in [4.78, 5) is 28.9. The summed E-state index contributed by atoms with van der Waals surface area (Å²) in [7, 11) is 1.60. The fraction of sp³-hybridized carbons (Fsp3) is 0.190. The SMILES string of the molecule is COc1ccc(-c2nc(C(=O)OCC(=O)c3cc(C)ccc3C)cs2)cc1. The Morgan fingerprint density at radius 1 is 1.07 bits per heavy atom. The lowest BCUT2D eigenvalue weighted by Gasteiger charge is -2.06. The van der Waals surface area contributed by atoms with E-state index in [1.54, 1.807) is 18.6 Å². The molecule has 1 aromatic heterocycles. The Hall–Kier alpha value is -2.99. The molecule has 0 aliphatic carbocycles. The van der Waals surface area contributed by atoms with Gasteiger partial charge in [-0.25, -0.2) is 9.78 Å². The van der Waals surface area contributed by atoms with Crippen molar-refractivity contribution >= 4 is 23.1 Å². The Labute approximate surface area is 161 Å². The van der Waals surface area contributed by atoms with Crippen LogP contribution in [-0.2, 0) is 4.74 Å². The van der Waals surface area contributed by atoms with Crippen LogP contribution < -0.4 is 4.74 Å². The van der Waals surface area contributed by atoms with Crippen LogP contribution in [0, 0.1) is 13.8 Å². The van der Waals surface area contributed by atoms with Crippen LogP contribution >= 0.6 is 11.3 Å². The van der Waals surface area contributed by atoms with Gasteiger partial charge >= 0.3 is 5.97 Å². The van der Waals surface area contributed by atoms with E-state index in [-0.39, 0.29) is 18.1 Å². The third kappa shape index (κ3) is 4.41. The number of carbonyl (C=O) groups excluding carboxylic acids is 2. The van der Waals surface area contributed by atoms with Crippen LogP contribution in [0.3, 0.4) is 0 Å². The zero-order chi connectivity index (χ0) is 19.4. The van der Waals surface area contributed by atoms with E-state index < -0.39 is 5.97 Å². The lowest BCUT2D eigenvalue weighted by molar-refractivity contribution is 0.0469. The number of rotatable bonds is 6. The first-order valence-electron chi connectivity index (χ1n) is 8.35. The summed E-state index contributed by atoms with van der Waals surface area (Å²) in [6, 6.07) is 13.0. The fourth-order valence-electron chi connectivity index (χ4n) is 2.55. The van der Waals surface area contributed by atoms with Gasteiger partial charge in [0.25, 0.3) is 0 Å². The molecule has 0 fully saturated rings. The number of carbonyl (C=O) groups is 2. The van der Waals surface area contributed by atoms with Crippen LogP contribution in [0.2, 0.25) is 0 Å². The molecule has 0 spiro atoms. The highest BCUT2D eigenvalue weighted by molar-refractivity contribution is 7.13. The minimum Gasteiger partial charge on any atom is -0.497 e. The monoisotopic (exact) mass is 381 g/mol. The molecule has 0 saturated heterocycles. The summed E-state index contributed by atoms with van der Waals surface area (Å²) in [5.41, 5.74) is 3.49. The van der Waals surface area contributed by atoms with Crippen molar-refractivity contribution in [2.75, 3.05) is 13.7 Å². The summed E-state index contributed by atoms with van der Waals surface area (Å²) in [6.45, 7) is 3.47. The van der Waals surface area contributed by atoms with Crippen molar-refractivity contribution in [2.24, 2.45) is 0 Å². The number of ether oxygens (including phenoxy) is 2. The Balaban J connectivity index is 1.65. The minimum absolute atomic E-state index is 0.194. The molecule has 1 heterocycles. The van der Waals surface area contributed by atoms with E-state index in [2.05, 4.69) is 4.98 Å². The molecule has 3 rings (SSSR count). The van der Waals surface area contributed by atoms with Crippen LogP contribution in [0.5, 0.6) is 5.75 Å². The average Bonchev–Trinajstić information content (AvgIpc) is 3.18. The number of aryl methyl sites for hydroxylation is 2. The van der Waals surface area contributed by atoms with Crippen LogP contribution in [0.4, 0.5) is 0 Å². The number of aromatic nitrogens is 1. The predicted molar refractivity (Wildman–Crippen MR) is 105 cm³/mol. The molecular formula is C21H19NO4S. The van der Waals surface area contributed by atoms with Crippen molar-refractivity contribution < 1.29 is 19.1 Å². The minimum atomic E-state index is -0.607. The Kier molecular flexibility index (Phi) is 5.66. The van der Waals surface area contributed by atoms with E-state index >= 15 is 0 Å². The molecule has 0 saturated carbocycles. The molecule has 138 valence electrons. The number of methoxy groups -OCH3 is 1. The smallest absolute Gasteiger partial charge is 0.358 e. The first kappa shape index (κ1) is 18.8. The molecule has 27 heavy (non-hydrogen) atoms. The van der Waals surface area contributed by atoms with Gasteiger partial charge in [-0.3, -0.25) is 4.79 Å². The summed E-state index contributed by atoms with van der Waals surface area (Å²) in [5.74, 6) is -0.0836. The van der Waals surface area contributed by atoms with Crippen molar-refractivity contribution in [3.8, 4) is 16.3 Å². The number of Topliss-reactive ketones (excluding diaryl/α,β-unsaturated/α-hetero) is 1. The van der Waals surface area contributed by atoms with E-state index in [0.717, 1.165) is 22.4 Å². The number of hydrogen-bond acceptors (Lipinski definition) is 6. The van der Waals surface area contributed by atoms with Gasteiger partial charge in [0.1, 0.15) is 10.8 Å². The van der Waals surface area contributed by atoms with Crippen molar-refractivity contribution in [1.82, 2.24) is 4.98 Å².